The zero-order valence-electron chi connectivity index (χ0n) is 12.3. The van der Waals surface area contributed by atoms with Gasteiger partial charge in [0.15, 0.2) is 0 Å². The lowest BCUT2D eigenvalue weighted by Crippen LogP contribution is -2.31. The quantitative estimate of drug-likeness (QED) is 0.708. The number of nitrogens with zero attached hydrogens (tertiary/aromatic N) is 1. The zero-order chi connectivity index (χ0) is 15.9. The molecule has 0 saturated heterocycles. The Morgan fingerprint density at radius 3 is 2.43 bits per heavy atom. The van der Waals surface area contributed by atoms with Crippen LogP contribution in [0.25, 0.3) is 0 Å². The van der Waals surface area contributed by atoms with Crippen LogP contribution < -0.4 is 4.72 Å². The van der Waals surface area contributed by atoms with Crippen LogP contribution in [-0.2, 0) is 14.8 Å². The van der Waals surface area contributed by atoms with Gasteiger partial charge in [-0.2, -0.15) is 0 Å². The van der Waals surface area contributed by atoms with Gasteiger partial charge in [-0.1, -0.05) is 12.1 Å². The first-order valence-corrected chi connectivity index (χ1v) is 9.22. The molecule has 118 valence electrons. The summed E-state index contributed by atoms with van der Waals surface area (Å²) in [5.41, 5.74) is 0. The first-order valence-electron chi connectivity index (χ1n) is 6.94. The average molecular weight is 377 g/mol. The van der Waals surface area contributed by atoms with Crippen molar-refractivity contribution in [1.29, 1.82) is 0 Å². The SMILES string of the molecule is CCN(CC)C(=O)CCCNS(=O)(=O)c1ccccc1Br. The van der Waals surface area contributed by atoms with Crippen LogP contribution in [0.4, 0.5) is 0 Å². The second kappa shape index (κ2) is 8.51. The van der Waals surface area contributed by atoms with Gasteiger partial charge < -0.3 is 4.90 Å². The van der Waals surface area contributed by atoms with Crippen molar-refractivity contribution in [2.75, 3.05) is 19.6 Å². The van der Waals surface area contributed by atoms with Gasteiger partial charge in [-0.3, -0.25) is 4.79 Å². The standard InChI is InChI=1S/C14H21BrN2O3S/c1-3-17(4-2)14(18)10-7-11-16-21(19,20)13-9-6-5-8-12(13)15/h5-6,8-9,16H,3-4,7,10-11H2,1-2H3. The molecule has 1 N–H and O–H groups in total. The smallest absolute Gasteiger partial charge is 0.241 e. The molecule has 1 amide bonds. The van der Waals surface area contributed by atoms with Gasteiger partial charge in [-0.15, -0.1) is 0 Å². The number of benzene rings is 1. The summed E-state index contributed by atoms with van der Waals surface area (Å²) in [5, 5.41) is 0. The van der Waals surface area contributed by atoms with Gasteiger partial charge in [0.25, 0.3) is 0 Å². The molecule has 7 heteroatoms. The summed E-state index contributed by atoms with van der Waals surface area (Å²) in [7, 11) is -3.54. The van der Waals surface area contributed by atoms with Crippen LogP contribution in [0.5, 0.6) is 0 Å². The maximum absolute atomic E-state index is 12.1. The number of carbonyl (C=O) groups is 1. The number of amides is 1. The van der Waals surface area contributed by atoms with Crippen LogP contribution in [0.3, 0.4) is 0 Å². The van der Waals surface area contributed by atoms with E-state index in [0.29, 0.717) is 30.4 Å². The summed E-state index contributed by atoms with van der Waals surface area (Å²) < 4.78 is 27.3. The second-order valence-electron chi connectivity index (χ2n) is 4.50. The second-order valence-corrected chi connectivity index (χ2v) is 7.09. The molecule has 5 nitrogen and oxygen atoms in total. The van der Waals surface area contributed by atoms with Crippen molar-refractivity contribution in [1.82, 2.24) is 9.62 Å². The summed E-state index contributed by atoms with van der Waals surface area (Å²) in [6, 6.07) is 6.64. The lowest BCUT2D eigenvalue weighted by atomic mass is 10.3. The number of halogens is 1. The van der Waals surface area contributed by atoms with E-state index < -0.39 is 10.0 Å². The van der Waals surface area contributed by atoms with Crippen LogP contribution in [0.2, 0.25) is 0 Å². The number of rotatable bonds is 8. The molecule has 0 spiro atoms. The van der Waals surface area contributed by atoms with Gasteiger partial charge in [0.2, 0.25) is 15.9 Å². The number of hydrogen-bond acceptors (Lipinski definition) is 3. The number of hydrogen-bond donors (Lipinski definition) is 1. The molecule has 21 heavy (non-hydrogen) atoms. The molecule has 0 unspecified atom stereocenters. The van der Waals surface area contributed by atoms with E-state index in [0.717, 1.165) is 0 Å². The minimum atomic E-state index is -3.54. The summed E-state index contributed by atoms with van der Waals surface area (Å²) in [6.45, 7) is 5.46. The van der Waals surface area contributed by atoms with Crippen LogP contribution in [0.1, 0.15) is 26.7 Å². The van der Waals surface area contributed by atoms with Crippen molar-refractivity contribution in [2.45, 2.75) is 31.6 Å². The maximum Gasteiger partial charge on any atom is 0.241 e. The Labute approximate surface area is 134 Å². The van der Waals surface area contributed by atoms with Crippen LogP contribution in [0, 0.1) is 0 Å². The van der Waals surface area contributed by atoms with E-state index in [1.807, 2.05) is 13.8 Å². The Morgan fingerprint density at radius 2 is 1.86 bits per heavy atom. The van der Waals surface area contributed by atoms with E-state index in [1.54, 1.807) is 23.1 Å². The van der Waals surface area contributed by atoms with E-state index in [-0.39, 0.29) is 17.3 Å². The third-order valence-corrected chi connectivity index (χ3v) is 5.57. The van der Waals surface area contributed by atoms with Crippen LogP contribution in [0.15, 0.2) is 33.6 Å². The van der Waals surface area contributed by atoms with Gasteiger partial charge >= 0.3 is 0 Å². The van der Waals surface area contributed by atoms with Crippen molar-refractivity contribution in [3.63, 3.8) is 0 Å². The third kappa shape index (κ3) is 5.41. The summed E-state index contributed by atoms with van der Waals surface area (Å²) in [6.07, 6.45) is 0.833. The Morgan fingerprint density at radius 1 is 1.24 bits per heavy atom. The lowest BCUT2D eigenvalue weighted by molar-refractivity contribution is -0.130. The highest BCUT2D eigenvalue weighted by atomic mass is 79.9. The molecule has 0 aliphatic heterocycles. The molecular formula is C14H21BrN2O3S. The molecule has 1 aromatic carbocycles. The van der Waals surface area contributed by atoms with Crippen LogP contribution in [-0.4, -0.2) is 38.9 Å². The molecule has 1 rings (SSSR count). The van der Waals surface area contributed by atoms with Crippen molar-refractivity contribution in [3.05, 3.63) is 28.7 Å². The van der Waals surface area contributed by atoms with Gasteiger partial charge in [-0.05, 0) is 48.3 Å². The Bertz CT molecular complexity index is 571. The monoisotopic (exact) mass is 376 g/mol. The van der Waals surface area contributed by atoms with Crippen molar-refractivity contribution < 1.29 is 13.2 Å². The molecule has 0 radical (unpaired) electrons. The summed E-state index contributed by atoms with van der Waals surface area (Å²) in [4.78, 5) is 13.7. The average Bonchev–Trinajstić information content (AvgIpc) is 2.45. The predicted octanol–water partition coefficient (Wildman–Crippen LogP) is 2.38. The third-order valence-electron chi connectivity index (χ3n) is 3.10. The molecular weight excluding hydrogens is 356 g/mol. The van der Waals surface area contributed by atoms with Crippen molar-refractivity contribution in [2.24, 2.45) is 0 Å². The molecule has 0 atom stereocenters. The van der Waals surface area contributed by atoms with Gasteiger partial charge in [0, 0.05) is 30.5 Å². The molecule has 0 fully saturated rings. The zero-order valence-corrected chi connectivity index (χ0v) is 14.7. The van der Waals surface area contributed by atoms with E-state index in [9.17, 15) is 13.2 Å². The van der Waals surface area contributed by atoms with Crippen LogP contribution >= 0.6 is 15.9 Å². The number of nitrogens with one attached hydrogen (secondary N) is 1. The van der Waals surface area contributed by atoms with Gasteiger partial charge in [0.1, 0.15) is 0 Å². The van der Waals surface area contributed by atoms with Gasteiger partial charge in [-0.25, -0.2) is 13.1 Å². The fourth-order valence-electron chi connectivity index (χ4n) is 1.92. The minimum absolute atomic E-state index is 0.0556. The molecule has 0 heterocycles. The van der Waals surface area contributed by atoms with Crippen molar-refractivity contribution in [3.8, 4) is 0 Å². The summed E-state index contributed by atoms with van der Waals surface area (Å²) in [5.74, 6) is 0.0556. The fraction of sp³-hybridized carbons (Fsp3) is 0.500. The predicted molar refractivity (Wildman–Crippen MR) is 86.5 cm³/mol. The minimum Gasteiger partial charge on any atom is -0.343 e. The first-order chi connectivity index (χ1) is 9.92. The van der Waals surface area contributed by atoms with E-state index >= 15 is 0 Å². The number of carbonyl (C=O) groups excluding carboxylic acids is 1. The van der Waals surface area contributed by atoms with E-state index in [1.165, 1.54) is 6.07 Å². The Hall–Kier alpha value is -0.920. The Kier molecular flexibility index (Phi) is 7.34. The normalized spacial score (nSPS) is 11.4. The molecule has 1 aromatic rings. The maximum atomic E-state index is 12.1. The highest BCUT2D eigenvalue weighted by Crippen LogP contribution is 2.20. The first kappa shape index (κ1) is 18.1. The molecule has 0 aromatic heterocycles. The van der Waals surface area contributed by atoms with Crippen molar-refractivity contribution >= 4 is 31.9 Å². The van der Waals surface area contributed by atoms with E-state index in [2.05, 4.69) is 20.7 Å². The van der Waals surface area contributed by atoms with Gasteiger partial charge in [0.05, 0.1) is 4.90 Å². The highest BCUT2D eigenvalue weighted by Gasteiger charge is 2.16. The van der Waals surface area contributed by atoms with E-state index in [4.69, 9.17) is 0 Å². The lowest BCUT2D eigenvalue weighted by Gasteiger charge is -2.18. The topological polar surface area (TPSA) is 66.5 Å². The molecule has 0 bridgehead atoms. The Balaban J connectivity index is 2.49. The molecule has 0 aliphatic rings. The molecule has 0 saturated carbocycles. The molecule has 0 aliphatic carbocycles. The fourth-order valence-corrected chi connectivity index (χ4v) is 4.00. The summed E-state index contributed by atoms with van der Waals surface area (Å²) >= 11 is 3.22. The highest BCUT2D eigenvalue weighted by molar-refractivity contribution is 9.10. The largest absolute Gasteiger partial charge is 0.343 e. The number of sulfonamides is 1.